The lowest BCUT2D eigenvalue weighted by atomic mass is 10.0. The van der Waals surface area contributed by atoms with Crippen LogP contribution in [0.4, 0.5) is 24.8 Å². The van der Waals surface area contributed by atoms with Crippen LogP contribution >= 0.6 is 24.0 Å². The number of hydrogen-bond acceptors (Lipinski definition) is 6. The molecule has 1 fully saturated rings. The summed E-state index contributed by atoms with van der Waals surface area (Å²) in [6.07, 6.45) is -4.55. The van der Waals surface area contributed by atoms with E-state index in [2.05, 4.69) is 20.0 Å². The molecule has 1 aliphatic rings. The quantitative estimate of drug-likeness (QED) is 0.479. The first-order valence-corrected chi connectivity index (χ1v) is 12.2. The number of nitrogens with zero attached hydrogens (tertiary/aromatic N) is 3. The number of anilines is 2. The van der Waals surface area contributed by atoms with Gasteiger partial charge in [-0.05, 0) is 48.9 Å². The predicted octanol–water partition coefficient (Wildman–Crippen LogP) is 4.76. The van der Waals surface area contributed by atoms with E-state index in [0.717, 1.165) is 25.2 Å². The summed E-state index contributed by atoms with van der Waals surface area (Å²) in [4.78, 5) is 10.5. The lowest BCUT2D eigenvalue weighted by molar-refractivity contribution is -0.137. The molecule has 4 rings (SSSR count). The molecule has 0 aliphatic carbocycles. The third-order valence-corrected chi connectivity index (χ3v) is 6.89. The Hall–Kier alpha value is -2.60. The lowest BCUT2D eigenvalue weighted by Gasteiger charge is -2.28. The smallest absolute Gasteiger partial charge is 0.354 e. The Morgan fingerprint density at radius 2 is 1.77 bits per heavy atom. The largest absolute Gasteiger partial charge is 0.416 e. The Bertz CT molecular complexity index is 1320. The number of nitrogens with one attached hydrogen (secondary N) is 2. The van der Waals surface area contributed by atoms with E-state index < -0.39 is 21.8 Å². The fraction of sp³-hybridized carbons (Fsp3) is 0.273. The zero-order chi connectivity index (χ0) is 24.5. The highest BCUT2D eigenvalue weighted by molar-refractivity contribution is 7.92. The van der Waals surface area contributed by atoms with Crippen LogP contribution in [0.3, 0.4) is 0 Å². The molecule has 1 aromatic carbocycles. The second-order valence-electron chi connectivity index (χ2n) is 7.73. The molecule has 1 saturated heterocycles. The minimum absolute atomic E-state index is 0. The normalized spacial score (nSPS) is 14.4. The van der Waals surface area contributed by atoms with Crippen molar-refractivity contribution in [2.75, 3.05) is 35.8 Å². The first kappa shape index (κ1) is 27.0. The minimum Gasteiger partial charge on any atom is -0.354 e. The molecule has 1 aliphatic heterocycles. The van der Waals surface area contributed by atoms with E-state index >= 15 is 0 Å². The van der Waals surface area contributed by atoms with Crippen LogP contribution in [0.1, 0.15) is 11.1 Å². The maximum Gasteiger partial charge on any atom is 0.416 e. The van der Waals surface area contributed by atoms with Crippen molar-refractivity contribution in [3.05, 3.63) is 64.7 Å². The van der Waals surface area contributed by atoms with E-state index in [9.17, 15) is 21.6 Å². The second-order valence-corrected chi connectivity index (χ2v) is 9.77. The molecule has 35 heavy (non-hydrogen) atoms. The maximum atomic E-state index is 13.2. The zero-order valence-corrected chi connectivity index (χ0v) is 20.8. The van der Waals surface area contributed by atoms with Crippen molar-refractivity contribution in [1.82, 2.24) is 15.3 Å². The zero-order valence-electron chi connectivity index (χ0n) is 18.4. The van der Waals surface area contributed by atoms with Crippen molar-refractivity contribution in [2.24, 2.45) is 0 Å². The van der Waals surface area contributed by atoms with Gasteiger partial charge >= 0.3 is 6.18 Å². The van der Waals surface area contributed by atoms with E-state index in [0.29, 0.717) is 24.5 Å². The van der Waals surface area contributed by atoms with E-state index in [1.807, 2.05) is 4.90 Å². The number of pyridine rings is 2. The summed E-state index contributed by atoms with van der Waals surface area (Å²) >= 11 is 6.22. The summed E-state index contributed by atoms with van der Waals surface area (Å²) in [5.41, 5.74) is -0.161. The van der Waals surface area contributed by atoms with Crippen molar-refractivity contribution < 1.29 is 21.6 Å². The molecule has 0 spiro atoms. The summed E-state index contributed by atoms with van der Waals surface area (Å²) in [5.74, 6) is 0.444. The van der Waals surface area contributed by atoms with Crippen molar-refractivity contribution in [1.29, 1.82) is 0 Å². The van der Waals surface area contributed by atoms with Gasteiger partial charge in [-0.15, -0.1) is 12.4 Å². The Kier molecular flexibility index (Phi) is 8.15. The van der Waals surface area contributed by atoms with Gasteiger partial charge in [0.05, 0.1) is 16.3 Å². The molecule has 2 aromatic heterocycles. The molecular weight excluding hydrogens is 526 g/mol. The molecule has 7 nitrogen and oxygen atoms in total. The summed E-state index contributed by atoms with van der Waals surface area (Å²) in [6.45, 7) is 4.55. The topological polar surface area (TPSA) is 87.2 Å². The van der Waals surface area contributed by atoms with Gasteiger partial charge in [0.25, 0.3) is 10.0 Å². The van der Waals surface area contributed by atoms with E-state index in [1.165, 1.54) is 24.3 Å². The van der Waals surface area contributed by atoms with Crippen LogP contribution in [0.25, 0.3) is 11.3 Å². The standard InChI is InChI=1S/C22H21ClF3N5O2S.ClH/c1-14-5-6-15(22(24,25)26)13-16(14)21-17(23)7-8-18(28-21)30-34(32,33)20-4-2-3-19(29-20)31-11-9-27-10-12-31;/h2-8,13,27H,9-12H2,1H3,(H,28,30);1H. The van der Waals surface area contributed by atoms with Crippen LogP contribution in [-0.4, -0.2) is 44.6 Å². The number of hydrogen-bond donors (Lipinski definition) is 2. The Balaban J connectivity index is 0.00000342. The van der Waals surface area contributed by atoms with Crippen LogP contribution in [0.5, 0.6) is 0 Å². The molecule has 0 saturated carbocycles. The molecule has 0 radical (unpaired) electrons. The number of aryl methyl sites for hydroxylation is 1. The summed E-state index contributed by atoms with van der Waals surface area (Å²) in [5, 5.41) is 3.11. The SMILES string of the molecule is Cc1ccc(C(F)(F)F)cc1-c1nc(NS(=O)(=O)c2cccc(N3CCNCC3)n2)ccc1Cl.Cl. The predicted molar refractivity (Wildman–Crippen MR) is 132 cm³/mol. The van der Waals surface area contributed by atoms with Crippen molar-refractivity contribution in [2.45, 2.75) is 18.1 Å². The van der Waals surface area contributed by atoms with Gasteiger partial charge in [-0.2, -0.15) is 21.6 Å². The monoisotopic (exact) mass is 547 g/mol. The lowest BCUT2D eigenvalue weighted by Crippen LogP contribution is -2.44. The number of aromatic nitrogens is 2. The molecule has 0 unspecified atom stereocenters. The molecule has 0 amide bonds. The number of piperazine rings is 1. The second kappa shape index (κ2) is 10.6. The third kappa shape index (κ3) is 6.16. The Morgan fingerprint density at radius 1 is 1.06 bits per heavy atom. The number of halogens is 5. The molecule has 188 valence electrons. The van der Waals surface area contributed by atoms with Gasteiger partial charge in [0.2, 0.25) is 0 Å². The maximum absolute atomic E-state index is 13.2. The average molecular weight is 548 g/mol. The number of benzene rings is 1. The number of rotatable bonds is 5. The average Bonchev–Trinajstić information content (AvgIpc) is 2.80. The molecular formula is C22H22Cl2F3N5O2S. The van der Waals surface area contributed by atoms with Crippen molar-refractivity contribution in [3.63, 3.8) is 0 Å². The summed E-state index contributed by atoms with van der Waals surface area (Å²) in [7, 11) is -4.12. The van der Waals surface area contributed by atoms with Gasteiger partial charge in [0.1, 0.15) is 11.6 Å². The highest BCUT2D eigenvalue weighted by atomic mass is 35.5. The van der Waals surface area contributed by atoms with Crippen molar-refractivity contribution >= 4 is 45.7 Å². The highest BCUT2D eigenvalue weighted by Crippen LogP contribution is 2.36. The van der Waals surface area contributed by atoms with Gasteiger partial charge in [0.15, 0.2) is 5.03 Å². The van der Waals surface area contributed by atoms with Crippen molar-refractivity contribution in [3.8, 4) is 11.3 Å². The van der Waals surface area contributed by atoms with Crippen LogP contribution < -0.4 is 14.9 Å². The van der Waals surface area contributed by atoms with Crippen LogP contribution in [0.2, 0.25) is 5.02 Å². The molecule has 2 N–H and O–H groups in total. The molecule has 0 bridgehead atoms. The minimum atomic E-state index is -4.55. The third-order valence-electron chi connectivity index (χ3n) is 5.33. The van der Waals surface area contributed by atoms with E-state index in [1.54, 1.807) is 19.1 Å². The Morgan fingerprint density at radius 3 is 2.46 bits per heavy atom. The van der Waals surface area contributed by atoms with Crippen LogP contribution in [0, 0.1) is 6.92 Å². The molecule has 0 atom stereocenters. The fourth-order valence-electron chi connectivity index (χ4n) is 3.55. The van der Waals surface area contributed by atoms with Gasteiger partial charge in [-0.25, -0.2) is 9.97 Å². The van der Waals surface area contributed by atoms with Gasteiger partial charge in [0, 0.05) is 31.7 Å². The highest BCUT2D eigenvalue weighted by Gasteiger charge is 2.31. The summed E-state index contributed by atoms with van der Waals surface area (Å²) < 4.78 is 68.0. The fourth-order valence-corrected chi connectivity index (χ4v) is 4.73. The molecule has 3 heterocycles. The van der Waals surface area contributed by atoms with Crippen LogP contribution in [0.15, 0.2) is 53.6 Å². The van der Waals surface area contributed by atoms with Gasteiger partial charge < -0.3 is 10.2 Å². The van der Waals surface area contributed by atoms with E-state index in [4.69, 9.17) is 11.6 Å². The van der Waals surface area contributed by atoms with Gasteiger partial charge in [-0.3, -0.25) is 4.72 Å². The van der Waals surface area contributed by atoms with Gasteiger partial charge in [-0.1, -0.05) is 23.7 Å². The summed E-state index contributed by atoms with van der Waals surface area (Å²) in [6, 6.07) is 10.7. The first-order valence-electron chi connectivity index (χ1n) is 10.3. The Labute approximate surface area is 212 Å². The molecule has 13 heteroatoms. The van der Waals surface area contributed by atoms with E-state index in [-0.39, 0.29) is 39.5 Å². The number of sulfonamides is 1. The molecule has 3 aromatic rings. The van der Waals surface area contributed by atoms with Crippen LogP contribution in [-0.2, 0) is 16.2 Å². The number of alkyl halides is 3. The first-order chi connectivity index (χ1) is 16.0.